The van der Waals surface area contributed by atoms with Crippen LogP contribution in [0.4, 0.5) is 5.69 Å². The van der Waals surface area contributed by atoms with Crippen LogP contribution in [-0.4, -0.2) is 23.6 Å². The number of esters is 1. The molecule has 1 aromatic carbocycles. The fourth-order valence-electron chi connectivity index (χ4n) is 2.03. The van der Waals surface area contributed by atoms with E-state index < -0.39 is 17.0 Å². The summed E-state index contributed by atoms with van der Waals surface area (Å²) in [6, 6.07) is 4.60. The minimum absolute atomic E-state index is 0.0131. The summed E-state index contributed by atoms with van der Waals surface area (Å²) >= 11 is 0. The molecule has 0 amide bonds. The third kappa shape index (κ3) is 3.07. The number of ether oxygens (including phenoxy) is 2. The summed E-state index contributed by atoms with van der Waals surface area (Å²) in [6.07, 6.45) is 1.16. The Hall–Kier alpha value is -2.11. The van der Waals surface area contributed by atoms with Crippen LogP contribution in [0.1, 0.15) is 25.3 Å². The Morgan fingerprint density at radius 3 is 2.75 bits per heavy atom. The Morgan fingerprint density at radius 1 is 1.50 bits per heavy atom. The maximum Gasteiger partial charge on any atom is 0.347 e. The van der Waals surface area contributed by atoms with Crippen molar-refractivity contribution in [3.63, 3.8) is 0 Å². The van der Waals surface area contributed by atoms with Gasteiger partial charge in [0, 0.05) is 12.0 Å². The monoisotopic (exact) mass is 279 g/mol. The minimum Gasteiger partial charge on any atom is -0.478 e. The van der Waals surface area contributed by atoms with Gasteiger partial charge in [0.15, 0.2) is 6.10 Å². The molecule has 108 valence electrons. The van der Waals surface area contributed by atoms with Gasteiger partial charge in [-0.25, -0.2) is 4.79 Å². The molecule has 0 aromatic heterocycles. The molecule has 2 rings (SSSR count). The number of nitrogens with zero attached hydrogens (tertiary/aromatic N) is 1. The Bertz CT molecular complexity index is 524. The van der Waals surface area contributed by atoms with Crippen LogP contribution in [0.5, 0.6) is 5.75 Å². The van der Waals surface area contributed by atoms with E-state index in [1.54, 1.807) is 26.0 Å². The largest absolute Gasteiger partial charge is 0.478 e. The van der Waals surface area contributed by atoms with Gasteiger partial charge in [0.25, 0.3) is 5.69 Å². The molecule has 1 fully saturated rings. The fourth-order valence-corrected chi connectivity index (χ4v) is 2.03. The third-order valence-electron chi connectivity index (χ3n) is 3.28. The number of nitro groups is 1. The zero-order valence-electron chi connectivity index (χ0n) is 11.5. The van der Waals surface area contributed by atoms with Gasteiger partial charge < -0.3 is 9.47 Å². The predicted molar refractivity (Wildman–Crippen MR) is 71.6 cm³/mol. The lowest BCUT2D eigenvalue weighted by Gasteiger charge is -2.18. The van der Waals surface area contributed by atoms with Crippen molar-refractivity contribution in [2.45, 2.75) is 32.8 Å². The zero-order chi connectivity index (χ0) is 14.7. The lowest BCUT2D eigenvalue weighted by molar-refractivity contribution is -0.385. The highest BCUT2D eigenvalue weighted by atomic mass is 16.6. The number of nitro benzene ring substituents is 1. The summed E-state index contributed by atoms with van der Waals surface area (Å²) in [6.45, 7) is 3.64. The third-order valence-corrected chi connectivity index (χ3v) is 3.28. The summed E-state index contributed by atoms with van der Waals surface area (Å²) in [7, 11) is 0. The molecule has 0 spiro atoms. The molecule has 1 saturated carbocycles. The highest BCUT2D eigenvalue weighted by Crippen LogP contribution is 2.37. The van der Waals surface area contributed by atoms with Crippen LogP contribution in [0.25, 0.3) is 0 Å². The number of rotatable bonds is 6. The van der Waals surface area contributed by atoms with Crippen LogP contribution < -0.4 is 4.74 Å². The van der Waals surface area contributed by atoms with Gasteiger partial charge in [0.05, 0.1) is 17.1 Å². The molecule has 20 heavy (non-hydrogen) atoms. The van der Waals surface area contributed by atoms with Crippen molar-refractivity contribution in [1.82, 2.24) is 0 Å². The minimum atomic E-state index is -0.671. The number of carbonyl (C=O) groups is 1. The molecule has 1 aromatic rings. The van der Waals surface area contributed by atoms with Gasteiger partial charge in [0.1, 0.15) is 5.75 Å². The first-order valence-corrected chi connectivity index (χ1v) is 6.62. The zero-order valence-corrected chi connectivity index (χ0v) is 11.5. The Morgan fingerprint density at radius 2 is 2.20 bits per heavy atom. The summed E-state index contributed by atoms with van der Waals surface area (Å²) in [4.78, 5) is 22.3. The molecule has 0 radical (unpaired) electrons. The lowest BCUT2D eigenvalue weighted by Crippen LogP contribution is -2.31. The molecular formula is C14H17NO5. The first-order valence-electron chi connectivity index (χ1n) is 6.62. The van der Waals surface area contributed by atoms with E-state index in [1.807, 2.05) is 0 Å². The van der Waals surface area contributed by atoms with Crippen molar-refractivity contribution in [1.29, 1.82) is 0 Å². The van der Waals surface area contributed by atoms with E-state index in [1.165, 1.54) is 6.07 Å². The van der Waals surface area contributed by atoms with E-state index in [4.69, 9.17) is 9.47 Å². The molecule has 6 heteroatoms. The van der Waals surface area contributed by atoms with E-state index >= 15 is 0 Å². The first kappa shape index (κ1) is 14.3. The first-order chi connectivity index (χ1) is 9.54. The van der Waals surface area contributed by atoms with E-state index in [2.05, 4.69) is 0 Å². The molecule has 1 atom stereocenters. The summed E-state index contributed by atoms with van der Waals surface area (Å²) in [5, 5.41) is 10.9. The average Bonchev–Trinajstić information content (AvgIpc) is 3.21. The molecule has 0 aliphatic heterocycles. The van der Waals surface area contributed by atoms with E-state index in [9.17, 15) is 14.9 Å². The van der Waals surface area contributed by atoms with Gasteiger partial charge in [-0.05, 0) is 32.8 Å². The smallest absolute Gasteiger partial charge is 0.347 e. The van der Waals surface area contributed by atoms with Crippen LogP contribution in [0.15, 0.2) is 18.2 Å². The second-order valence-corrected chi connectivity index (χ2v) is 4.79. The van der Waals surface area contributed by atoms with Gasteiger partial charge >= 0.3 is 5.97 Å². The number of hydrogen-bond donors (Lipinski definition) is 0. The van der Waals surface area contributed by atoms with Gasteiger partial charge in [0.2, 0.25) is 0 Å². The maximum absolute atomic E-state index is 11.9. The van der Waals surface area contributed by atoms with E-state index in [0.717, 1.165) is 12.8 Å². The van der Waals surface area contributed by atoms with Gasteiger partial charge in [-0.15, -0.1) is 0 Å². The normalized spacial score (nSPS) is 15.5. The fraction of sp³-hybridized carbons (Fsp3) is 0.500. The molecule has 0 heterocycles. The summed E-state index contributed by atoms with van der Waals surface area (Å²) in [5.74, 6) is 0.109. The van der Waals surface area contributed by atoms with Crippen molar-refractivity contribution >= 4 is 11.7 Å². The second-order valence-electron chi connectivity index (χ2n) is 4.79. The maximum atomic E-state index is 11.9. The van der Waals surface area contributed by atoms with E-state index in [-0.39, 0.29) is 11.6 Å². The van der Waals surface area contributed by atoms with Crippen LogP contribution in [0.2, 0.25) is 0 Å². The standard InChI is InChI=1S/C14H17NO5/c1-3-19-14(16)13(10-7-8-10)20-12-6-4-5-11(9(12)2)15(17)18/h4-6,10,13H,3,7-8H2,1-2H3/t13-/m0/s1. The van der Waals surface area contributed by atoms with Crippen LogP contribution in [0.3, 0.4) is 0 Å². The van der Waals surface area contributed by atoms with Crippen LogP contribution in [-0.2, 0) is 9.53 Å². The number of hydrogen-bond acceptors (Lipinski definition) is 5. The van der Waals surface area contributed by atoms with Gasteiger partial charge in [-0.2, -0.15) is 0 Å². The van der Waals surface area contributed by atoms with Gasteiger partial charge in [-0.3, -0.25) is 10.1 Å². The van der Waals surface area contributed by atoms with Crippen molar-refractivity contribution in [2.75, 3.05) is 6.61 Å². The van der Waals surface area contributed by atoms with Crippen molar-refractivity contribution < 1.29 is 19.2 Å². The highest BCUT2D eigenvalue weighted by molar-refractivity contribution is 5.76. The highest BCUT2D eigenvalue weighted by Gasteiger charge is 2.39. The molecule has 0 saturated heterocycles. The van der Waals surface area contributed by atoms with Crippen LogP contribution >= 0.6 is 0 Å². The SMILES string of the molecule is CCOC(=O)[C@@H](Oc1cccc([N+](=O)[O-])c1C)C1CC1. The average molecular weight is 279 g/mol. The van der Waals surface area contributed by atoms with Gasteiger partial charge in [-0.1, -0.05) is 6.07 Å². The summed E-state index contributed by atoms with van der Waals surface area (Å²) < 4.78 is 10.7. The predicted octanol–water partition coefficient (Wildman–Crippen LogP) is 2.62. The Kier molecular flexibility index (Phi) is 4.22. The molecule has 0 N–H and O–H groups in total. The van der Waals surface area contributed by atoms with Crippen LogP contribution in [0, 0.1) is 23.0 Å². The Balaban J connectivity index is 2.20. The molecule has 1 aliphatic rings. The van der Waals surface area contributed by atoms with Crippen molar-refractivity contribution in [3.05, 3.63) is 33.9 Å². The van der Waals surface area contributed by atoms with Crippen molar-refractivity contribution in [3.8, 4) is 5.75 Å². The molecule has 1 aliphatic carbocycles. The van der Waals surface area contributed by atoms with E-state index in [0.29, 0.717) is 17.9 Å². The topological polar surface area (TPSA) is 78.7 Å². The molecular weight excluding hydrogens is 262 g/mol. The molecule has 0 unspecified atom stereocenters. The molecule has 6 nitrogen and oxygen atoms in total. The molecule has 0 bridgehead atoms. The number of benzene rings is 1. The number of carbonyl (C=O) groups excluding carboxylic acids is 1. The van der Waals surface area contributed by atoms with Crippen molar-refractivity contribution in [2.24, 2.45) is 5.92 Å². The quantitative estimate of drug-likeness (QED) is 0.454. The second kappa shape index (κ2) is 5.90. The Labute approximate surface area is 116 Å². The lowest BCUT2D eigenvalue weighted by atomic mass is 10.1. The summed E-state index contributed by atoms with van der Waals surface area (Å²) in [5.41, 5.74) is 0.411.